The van der Waals surface area contributed by atoms with E-state index in [2.05, 4.69) is 16.1 Å². The minimum atomic E-state index is 0.371. The van der Waals surface area contributed by atoms with Crippen LogP contribution in [0.1, 0.15) is 17.0 Å². The Morgan fingerprint density at radius 3 is 2.48 bits per heavy atom. The van der Waals surface area contributed by atoms with Crippen LogP contribution in [-0.4, -0.2) is 35.9 Å². The molecule has 7 heteroatoms. The third-order valence-electron chi connectivity index (χ3n) is 4.12. The van der Waals surface area contributed by atoms with Gasteiger partial charge < -0.3 is 13.9 Å². The first-order valence-corrected chi connectivity index (χ1v) is 8.99. The average molecular weight is 385 g/mol. The minimum Gasteiger partial charge on any atom is -0.497 e. The Bertz CT molecular complexity index is 934. The Morgan fingerprint density at radius 1 is 1.04 bits per heavy atom. The Kier molecular flexibility index (Phi) is 6.26. The topological polar surface area (TPSA) is 52.7 Å². The highest BCUT2D eigenvalue weighted by Gasteiger charge is 2.10. The molecule has 0 bridgehead atoms. The van der Waals surface area contributed by atoms with Crippen LogP contribution in [0.2, 0.25) is 0 Å². The van der Waals surface area contributed by atoms with E-state index in [1.165, 1.54) is 0 Å². The molecule has 3 aromatic rings. The van der Waals surface area contributed by atoms with Gasteiger partial charge in [-0.2, -0.15) is 0 Å². The molecule has 3 rings (SSSR count). The van der Waals surface area contributed by atoms with E-state index < -0.39 is 0 Å². The second kappa shape index (κ2) is 8.83. The summed E-state index contributed by atoms with van der Waals surface area (Å²) in [5.41, 5.74) is 2.24. The molecule has 0 aliphatic carbocycles. The second-order valence-corrected chi connectivity index (χ2v) is 6.64. The average Bonchev–Trinajstić information content (AvgIpc) is 3.01. The summed E-state index contributed by atoms with van der Waals surface area (Å²) in [5, 5.41) is 4.51. The minimum absolute atomic E-state index is 0.371. The van der Waals surface area contributed by atoms with Gasteiger partial charge >= 0.3 is 0 Å². The summed E-state index contributed by atoms with van der Waals surface area (Å²) in [7, 11) is 5.33. The van der Waals surface area contributed by atoms with Crippen LogP contribution >= 0.6 is 12.2 Å². The van der Waals surface area contributed by atoms with Crippen LogP contribution in [-0.2, 0) is 19.6 Å². The maximum absolute atomic E-state index is 5.65. The van der Waals surface area contributed by atoms with Crippen LogP contribution in [0, 0.1) is 4.84 Å². The highest BCUT2D eigenvalue weighted by atomic mass is 32.1. The molecule has 0 saturated carbocycles. The highest BCUT2D eigenvalue weighted by Crippen LogP contribution is 2.16. The fourth-order valence-electron chi connectivity index (χ4n) is 2.79. The molecule has 142 valence electrons. The van der Waals surface area contributed by atoms with Gasteiger partial charge in [0, 0.05) is 6.54 Å². The van der Waals surface area contributed by atoms with Crippen LogP contribution in [0.5, 0.6) is 11.5 Å². The third-order valence-corrected chi connectivity index (χ3v) is 4.42. The van der Waals surface area contributed by atoms with Gasteiger partial charge in [-0.3, -0.25) is 4.90 Å². The van der Waals surface area contributed by atoms with Crippen LogP contribution < -0.4 is 9.47 Å². The van der Waals surface area contributed by atoms with Crippen molar-refractivity contribution in [1.82, 2.24) is 14.7 Å². The van der Waals surface area contributed by atoms with Gasteiger partial charge in [0.05, 0.1) is 27.3 Å². The molecule has 1 aromatic heterocycles. The van der Waals surface area contributed by atoms with E-state index in [1.807, 2.05) is 49.5 Å². The van der Waals surface area contributed by atoms with Crippen molar-refractivity contribution in [2.45, 2.75) is 19.6 Å². The fraction of sp³-hybridized carbons (Fsp3) is 0.300. The maximum atomic E-state index is 5.65. The van der Waals surface area contributed by atoms with Crippen molar-refractivity contribution in [3.63, 3.8) is 0 Å². The van der Waals surface area contributed by atoms with Crippen LogP contribution in [0.25, 0.3) is 0 Å². The molecule has 6 nitrogen and oxygen atoms in total. The fourth-order valence-corrected chi connectivity index (χ4v) is 2.98. The van der Waals surface area contributed by atoms with Gasteiger partial charge in [-0.05, 0) is 54.7 Å². The highest BCUT2D eigenvalue weighted by molar-refractivity contribution is 7.71. The number of hydrogen-bond acceptors (Lipinski definition) is 6. The summed E-state index contributed by atoms with van der Waals surface area (Å²) in [6.07, 6.45) is 0.584. The van der Waals surface area contributed by atoms with Gasteiger partial charge in [-0.25, -0.2) is 4.68 Å². The SMILES string of the molecule is COc1ccc(Cc2nn(CN(C)Cc3cccc(OC)c3)c(=S)o2)cc1. The Labute approximate surface area is 163 Å². The number of ether oxygens (including phenoxy) is 2. The number of aromatic nitrogens is 2. The van der Waals surface area contributed by atoms with Gasteiger partial charge in [0.25, 0.3) is 4.84 Å². The van der Waals surface area contributed by atoms with Crippen molar-refractivity contribution in [3.8, 4) is 11.5 Å². The predicted molar refractivity (Wildman–Crippen MR) is 106 cm³/mol. The summed E-state index contributed by atoms with van der Waals surface area (Å²) in [6, 6.07) is 15.8. The van der Waals surface area contributed by atoms with Crippen molar-refractivity contribution in [2.75, 3.05) is 21.3 Å². The predicted octanol–water partition coefficient (Wildman–Crippen LogP) is 3.90. The maximum Gasteiger partial charge on any atom is 0.288 e. The Hall–Kier alpha value is -2.64. The van der Waals surface area contributed by atoms with E-state index in [1.54, 1.807) is 18.9 Å². The summed E-state index contributed by atoms with van der Waals surface area (Å²) in [5.74, 6) is 2.27. The first-order valence-electron chi connectivity index (χ1n) is 8.58. The second-order valence-electron chi connectivity index (χ2n) is 6.29. The van der Waals surface area contributed by atoms with Crippen LogP contribution in [0.15, 0.2) is 52.9 Å². The Morgan fingerprint density at radius 2 is 1.78 bits per heavy atom. The molecular formula is C20H23N3O3S. The molecule has 0 amide bonds. The lowest BCUT2D eigenvalue weighted by Gasteiger charge is -2.16. The molecule has 1 heterocycles. The molecule has 27 heavy (non-hydrogen) atoms. The molecule has 0 aliphatic heterocycles. The normalized spacial score (nSPS) is 11.0. The summed E-state index contributed by atoms with van der Waals surface area (Å²) < 4.78 is 17.8. The molecule has 0 radical (unpaired) electrons. The molecule has 0 spiro atoms. The first kappa shape index (κ1) is 19.1. The lowest BCUT2D eigenvalue weighted by atomic mass is 10.1. The van der Waals surface area contributed by atoms with Crippen molar-refractivity contribution in [3.05, 3.63) is 70.4 Å². The molecule has 0 N–H and O–H groups in total. The molecule has 0 saturated heterocycles. The number of methoxy groups -OCH3 is 2. The van der Waals surface area contributed by atoms with Crippen molar-refractivity contribution in [1.29, 1.82) is 0 Å². The zero-order valence-electron chi connectivity index (χ0n) is 15.7. The van der Waals surface area contributed by atoms with E-state index >= 15 is 0 Å². The molecular weight excluding hydrogens is 362 g/mol. The van der Waals surface area contributed by atoms with Crippen molar-refractivity contribution >= 4 is 12.2 Å². The zero-order chi connectivity index (χ0) is 19.2. The van der Waals surface area contributed by atoms with E-state index in [0.29, 0.717) is 23.8 Å². The number of rotatable bonds is 8. The summed E-state index contributed by atoms with van der Waals surface area (Å²) >= 11 is 5.32. The zero-order valence-corrected chi connectivity index (χ0v) is 16.5. The van der Waals surface area contributed by atoms with E-state index in [-0.39, 0.29) is 0 Å². The number of nitrogens with zero attached hydrogens (tertiary/aromatic N) is 3. The molecule has 0 unspecified atom stereocenters. The smallest absolute Gasteiger partial charge is 0.288 e. The van der Waals surface area contributed by atoms with Crippen molar-refractivity contribution < 1.29 is 13.9 Å². The lowest BCUT2D eigenvalue weighted by molar-refractivity contribution is 0.240. The summed E-state index contributed by atoms with van der Waals surface area (Å²) in [4.78, 5) is 2.49. The largest absolute Gasteiger partial charge is 0.497 e. The van der Waals surface area contributed by atoms with E-state index in [9.17, 15) is 0 Å². The molecule has 0 atom stereocenters. The molecule has 2 aromatic carbocycles. The van der Waals surface area contributed by atoms with Crippen LogP contribution in [0.4, 0.5) is 0 Å². The lowest BCUT2D eigenvalue weighted by Crippen LogP contribution is -2.22. The standard InChI is InChI=1S/C20H23N3O3S/c1-22(13-16-5-4-6-18(11-16)25-3)14-23-20(27)26-19(21-23)12-15-7-9-17(24-2)10-8-15/h4-11H,12-14H2,1-3H3. The number of hydrogen-bond donors (Lipinski definition) is 0. The first-order chi connectivity index (χ1) is 13.1. The quantitative estimate of drug-likeness (QED) is 0.548. The Balaban J connectivity index is 1.64. The van der Waals surface area contributed by atoms with Gasteiger partial charge in [-0.1, -0.05) is 24.3 Å². The van der Waals surface area contributed by atoms with Crippen molar-refractivity contribution in [2.24, 2.45) is 0 Å². The van der Waals surface area contributed by atoms with Gasteiger partial charge in [0.1, 0.15) is 11.5 Å². The molecule has 0 fully saturated rings. The van der Waals surface area contributed by atoms with E-state index in [4.69, 9.17) is 26.1 Å². The van der Waals surface area contributed by atoms with Gasteiger partial charge in [-0.15, -0.1) is 5.10 Å². The van der Waals surface area contributed by atoms with E-state index in [0.717, 1.165) is 29.2 Å². The van der Waals surface area contributed by atoms with Gasteiger partial charge in [0.15, 0.2) is 0 Å². The van der Waals surface area contributed by atoms with Crippen LogP contribution in [0.3, 0.4) is 0 Å². The third kappa shape index (κ3) is 5.18. The van der Waals surface area contributed by atoms with Gasteiger partial charge in [0.2, 0.25) is 5.89 Å². The monoisotopic (exact) mass is 385 g/mol. The number of benzene rings is 2. The molecule has 0 aliphatic rings. The summed E-state index contributed by atoms with van der Waals surface area (Å²) in [6.45, 7) is 1.29.